The molecule has 0 N–H and O–H groups in total. The largest absolute Gasteiger partial charge is 0.373 e. The summed E-state index contributed by atoms with van der Waals surface area (Å²) in [6.07, 6.45) is 1.03. The van der Waals surface area contributed by atoms with Gasteiger partial charge in [0.15, 0.2) is 0 Å². The van der Waals surface area contributed by atoms with Gasteiger partial charge in [0, 0.05) is 0 Å². The van der Waals surface area contributed by atoms with Crippen molar-refractivity contribution < 1.29 is 29.1 Å². The zero-order valence-electron chi connectivity index (χ0n) is 21.6. The Hall–Kier alpha value is -2.70. The van der Waals surface area contributed by atoms with Gasteiger partial charge in [0.25, 0.3) is 0 Å². The molecule has 0 heterocycles. The summed E-state index contributed by atoms with van der Waals surface area (Å²) in [7, 11) is 0. The highest BCUT2D eigenvalue weighted by atomic mass is 17.2. The van der Waals surface area contributed by atoms with Crippen LogP contribution in [0.25, 0.3) is 0 Å². The van der Waals surface area contributed by atoms with Gasteiger partial charge in [-0.2, -0.15) is 9.78 Å². The maximum atomic E-state index is 12.5. The van der Waals surface area contributed by atoms with Crippen molar-refractivity contribution in [1.82, 2.24) is 0 Å². The quantitative estimate of drug-likeness (QED) is 0.266. The first-order chi connectivity index (χ1) is 15.9. The molecule has 0 aliphatic rings. The Labute approximate surface area is 203 Å². The molecule has 0 fully saturated rings. The van der Waals surface area contributed by atoms with E-state index in [1.165, 1.54) is 0 Å². The second kappa shape index (κ2) is 11.6. The molecule has 0 saturated carbocycles. The molecule has 0 saturated heterocycles. The van der Waals surface area contributed by atoms with Gasteiger partial charge in [-0.15, -0.1) is 0 Å². The Morgan fingerprint density at radius 3 is 1.35 bits per heavy atom. The molecule has 0 radical (unpaired) electrons. The highest BCUT2D eigenvalue weighted by Gasteiger charge is 2.39. The summed E-state index contributed by atoms with van der Waals surface area (Å²) < 4.78 is 0. The van der Waals surface area contributed by atoms with E-state index in [9.17, 15) is 9.59 Å². The van der Waals surface area contributed by atoms with Crippen molar-refractivity contribution in [2.24, 2.45) is 11.8 Å². The van der Waals surface area contributed by atoms with E-state index in [2.05, 4.69) is 0 Å². The molecular weight excluding hydrogens is 432 g/mol. The average molecular weight is 471 g/mol. The fraction of sp³-hybridized carbons (Fsp3) is 0.500. The van der Waals surface area contributed by atoms with Crippen LogP contribution < -0.4 is 0 Å². The highest BCUT2D eigenvalue weighted by Crippen LogP contribution is 2.35. The summed E-state index contributed by atoms with van der Waals surface area (Å²) in [6.45, 7) is 15.7. The van der Waals surface area contributed by atoms with E-state index in [1.807, 2.05) is 67.5 Å². The third kappa shape index (κ3) is 7.40. The van der Waals surface area contributed by atoms with Gasteiger partial charge in [-0.25, -0.2) is 9.59 Å². The molecule has 2 aromatic carbocycles. The Morgan fingerprint density at radius 1 is 0.706 bits per heavy atom. The van der Waals surface area contributed by atoms with E-state index in [1.54, 1.807) is 36.4 Å². The predicted octanol–water partition coefficient (Wildman–Crippen LogP) is 6.79. The van der Waals surface area contributed by atoms with Crippen LogP contribution in [0.5, 0.6) is 0 Å². The van der Waals surface area contributed by atoms with Gasteiger partial charge in [0.2, 0.25) is 0 Å². The Kier molecular flexibility index (Phi) is 9.42. The van der Waals surface area contributed by atoms with Gasteiger partial charge >= 0.3 is 11.9 Å². The molecular formula is C28H38O6. The van der Waals surface area contributed by atoms with Gasteiger partial charge in [-0.1, -0.05) is 63.1 Å². The topological polar surface area (TPSA) is 71.1 Å². The Balaban J connectivity index is 2.04. The molecule has 6 nitrogen and oxygen atoms in total. The fourth-order valence-corrected chi connectivity index (χ4v) is 3.26. The summed E-state index contributed by atoms with van der Waals surface area (Å²) >= 11 is 0. The third-order valence-corrected chi connectivity index (χ3v) is 6.68. The second-order valence-corrected chi connectivity index (χ2v) is 10.1. The van der Waals surface area contributed by atoms with E-state index >= 15 is 0 Å². The van der Waals surface area contributed by atoms with E-state index in [0.29, 0.717) is 24.0 Å². The molecule has 34 heavy (non-hydrogen) atoms. The third-order valence-electron chi connectivity index (χ3n) is 6.68. The molecule has 0 amide bonds. The maximum Gasteiger partial charge on any atom is 0.373 e. The number of hydrogen-bond acceptors (Lipinski definition) is 6. The van der Waals surface area contributed by atoms with Crippen LogP contribution in [0, 0.1) is 25.7 Å². The number of carbonyl (C=O) groups excluding carboxylic acids is 2. The van der Waals surface area contributed by atoms with E-state index in [4.69, 9.17) is 19.6 Å². The van der Waals surface area contributed by atoms with E-state index in [0.717, 1.165) is 11.1 Å². The first-order valence-electron chi connectivity index (χ1n) is 11.8. The second-order valence-electron chi connectivity index (χ2n) is 10.1. The minimum absolute atomic E-state index is 0.0454. The summed E-state index contributed by atoms with van der Waals surface area (Å²) in [6, 6.07) is 14.3. The van der Waals surface area contributed by atoms with E-state index in [-0.39, 0.29) is 11.8 Å². The first kappa shape index (κ1) is 27.5. The standard InChI is InChI=1S/C28H38O6/c1-19(2)27(7,33-31-25(29)23-13-9-11-21(5)17-23)15-16-28(8,20(3)4)34-32-26(30)24-14-10-12-22(6)18-24/h9-14,17-20H,15-16H2,1-8H3. The van der Waals surface area contributed by atoms with E-state index < -0.39 is 23.1 Å². The van der Waals surface area contributed by atoms with Crippen LogP contribution in [0.15, 0.2) is 48.5 Å². The predicted molar refractivity (Wildman–Crippen MR) is 131 cm³/mol. The van der Waals surface area contributed by atoms with Crippen LogP contribution in [0.2, 0.25) is 0 Å². The van der Waals surface area contributed by atoms with Crippen LogP contribution in [-0.4, -0.2) is 23.1 Å². The lowest BCUT2D eigenvalue weighted by Crippen LogP contribution is -2.42. The SMILES string of the molecule is Cc1cccc(C(=O)OOC(C)(CCC(C)(OOC(=O)c2cccc(C)c2)C(C)C)C(C)C)c1. The van der Waals surface area contributed by atoms with Gasteiger partial charge < -0.3 is 0 Å². The van der Waals surface area contributed by atoms with Crippen molar-refractivity contribution in [1.29, 1.82) is 0 Å². The number of carbonyl (C=O) groups is 2. The summed E-state index contributed by atoms with van der Waals surface area (Å²) in [5.41, 5.74) is 1.27. The zero-order chi connectivity index (χ0) is 25.5. The Bertz CT molecular complexity index is 903. The van der Waals surface area contributed by atoms with Crippen LogP contribution in [-0.2, 0) is 19.6 Å². The zero-order valence-corrected chi connectivity index (χ0v) is 21.6. The molecule has 0 spiro atoms. The van der Waals surface area contributed by atoms with Crippen molar-refractivity contribution >= 4 is 11.9 Å². The van der Waals surface area contributed by atoms with Crippen LogP contribution in [0.1, 0.15) is 86.2 Å². The molecule has 0 aliphatic carbocycles. The number of benzene rings is 2. The van der Waals surface area contributed by atoms with Crippen LogP contribution in [0.3, 0.4) is 0 Å². The van der Waals surface area contributed by atoms with Gasteiger partial charge in [-0.05, 0) is 76.6 Å². The average Bonchev–Trinajstić information content (AvgIpc) is 2.79. The minimum Gasteiger partial charge on any atom is -0.292 e. The normalized spacial score (nSPS) is 15.0. The Morgan fingerprint density at radius 2 is 1.06 bits per heavy atom. The number of aryl methyl sites for hydroxylation is 2. The maximum absolute atomic E-state index is 12.5. The molecule has 0 bridgehead atoms. The molecule has 2 unspecified atom stereocenters. The molecule has 0 aliphatic heterocycles. The van der Waals surface area contributed by atoms with Gasteiger partial charge in [-0.3, -0.25) is 9.78 Å². The number of hydrogen-bond donors (Lipinski definition) is 0. The fourth-order valence-electron chi connectivity index (χ4n) is 3.26. The van der Waals surface area contributed by atoms with Gasteiger partial charge in [0.1, 0.15) is 11.2 Å². The van der Waals surface area contributed by atoms with Crippen molar-refractivity contribution in [3.63, 3.8) is 0 Å². The van der Waals surface area contributed by atoms with Crippen molar-refractivity contribution in [3.8, 4) is 0 Å². The van der Waals surface area contributed by atoms with Crippen molar-refractivity contribution in [2.45, 2.75) is 79.4 Å². The molecule has 2 rings (SSSR count). The highest BCUT2D eigenvalue weighted by molar-refractivity contribution is 5.89. The number of rotatable bonds is 11. The smallest absolute Gasteiger partial charge is 0.292 e. The molecule has 2 aromatic rings. The molecule has 186 valence electrons. The molecule has 6 heteroatoms. The monoisotopic (exact) mass is 470 g/mol. The lowest BCUT2D eigenvalue weighted by molar-refractivity contribution is -0.343. The lowest BCUT2D eigenvalue weighted by Gasteiger charge is -2.37. The summed E-state index contributed by atoms with van der Waals surface area (Å²) in [5.74, 6) is -0.982. The van der Waals surface area contributed by atoms with Crippen LogP contribution >= 0.6 is 0 Å². The summed E-state index contributed by atoms with van der Waals surface area (Å²) in [5, 5.41) is 0. The summed E-state index contributed by atoms with van der Waals surface area (Å²) in [4.78, 5) is 46.9. The minimum atomic E-state index is -0.764. The first-order valence-corrected chi connectivity index (χ1v) is 11.8. The molecule has 0 aromatic heterocycles. The lowest BCUT2D eigenvalue weighted by atomic mass is 9.80. The van der Waals surface area contributed by atoms with Crippen molar-refractivity contribution in [2.75, 3.05) is 0 Å². The van der Waals surface area contributed by atoms with Crippen LogP contribution in [0.4, 0.5) is 0 Å². The van der Waals surface area contributed by atoms with Gasteiger partial charge in [0.05, 0.1) is 11.1 Å². The molecule has 2 atom stereocenters. The van der Waals surface area contributed by atoms with Crippen molar-refractivity contribution in [3.05, 3.63) is 70.8 Å².